The second kappa shape index (κ2) is 11.2. The summed E-state index contributed by atoms with van der Waals surface area (Å²) in [5.41, 5.74) is 1.42. The van der Waals surface area contributed by atoms with Crippen LogP contribution in [-0.2, 0) is 9.53 Å². The molecular formula is C22H22N2O6. The van der Waals surface area contributed by atoms with Gasteiger partial charge in [-0.15, -0.1) is 0 Å². The van der Waals surface area contributed by atoms with Crippen LogP contribution in [0.5, 0.6) is 5.75 Å². The zero-order valence-electron chi connectivity index (χ0n) is 16.3. The van der Waals surface area contributed by atoms with Crippen LogP contribution < -0.4 is 10.1 Å². The van der Waals surface area contributed by atoms with Crippen molar-refractivity contribution in [1.82, 2.24) is 0 Å². The number of aliphatic carboxylic acids is 1. The van der Waals surface area contributed by atoms with Gasteiger partial charge in [0, 0.05) is 23.2 Å². The average Bonchev–Trinajstić information content (AvgIpc) is 2.75. The third kappa shape index (κ3) is 6.65. The minimum atomic E-state index is -1.12. The largest absolute Gasteiger partial charge is 0.491 e. The highest BCUT2D eigenvalue weighted by atomic mass is 16.6. The number of aliphatic hydroxyl groups is 1. The first-order chi connectivity index (χ1) is 14.4. The number of carboxylic acids is 1. The summed E-state index contributed by atoms with van der Waals surface area (Å²) in [4.78, 5) is 23.4. The van der Waals surface area contributed by atoms with Gasteiger partial charge in [0.1, 0.15) is 18.5 Å². The molecule has 8 nitrogen and oxygen atoms in total. The van der Waals surface area contributed by atoms with Crippen molar-refractivity contribution in [2.24, 2.45) is 5.92 Å². The lowest BCUT2D eigenvalue weighted by Crippen LogP contribution is -2.22. The third-order valence-electron chi connectivity index (χ3n) is 4.09. The molecule has 0 aliphatic rings. The standard InChI is InChI=1S/C22H22N2O6/c1-15(6-11-20(26)27)21(18-4-2-3-5-19(18)29-13-12-25)30-22(28)24-17-9-7-16(14-23)8-10-17/h2-11,15,21,25H,12-13H2,1H3,(H,24,28)(H,26,27)/b11-6+/t15-,21-/m0/s1. The molecule has 0 unspecified atom stereocenters. The first kappa shape index (κ1) is 22.5. The molecule has 2 aromatic carbocycles. The number of benzene rings is 2. The smallest absolute Gasteiger partial charge is 0.412 e. The van der Waals surface area contributed by atoms with Crippen LogP contribution in [0.25, 0.3) is 0 Å². The molecule has 0 aromatic heterocycles. The van der Waals surface area contributed by atoms with Gasteiger partial charge < -0.3 is 19.7 Å². The van der Waals surface area contributed by atoms with Gasteiger partial charge in [0.15, 0.2) is 0 Å². The summed E-state index contributed by atoms with van der Waals surface area (Å²) in [6, 6.07) is 15.1. The fourth-order valence-electron chi connectivity index (χ4n) is 2.68. The summed E-state index contributed by atoms with van der Waals surface area (Å²) >= 11 is 0. The number of anilines is 1. The number of carbonyl (C=O) groups is 2. The summed E-state index contributed by atoms with van der Waals surface area (Å²) in [5, 5.41) is 29.4. The fourth-order valence-corrected chi connectivity index (χ4v) is 2.68. The lowest BCUT2D eigenvalue weighted by atomic mass is 9.96. The number of nitrogens with zero attached hydrogens (tertiary/aromatic N) is 1. The number of carbonyl (C=O) groups excluding carboxylic acids is 1. The Bertz CT molecular complexity index is 933. The average molecular weight is 410 g/mol. The van der Waals surface area contributed by atoms with Crippen LogP contribution in [0.2, 0.25) is 0 Å². The number of rotatable bonds is 9. The molecule has 30 heavy (non-hydrogen) atoms. The van der Waals surface area contributed by atoms with Crippen molar-refractivity contribution in [2.75, 3.05) is 18.5 Å². The summed E-state index contributed by atoms with van der Waals surface area (Å²) in [5.74, 6) is -1.20. The van der Waals surface area contributed by atoms with Gasteiger partial charge in [-0.3, -0.25) is 5.32 Å². The van der Waals surface area contributed by atoms with Crippen molar-refractivity contribution in [1.29, 1.82) is 5.26 Å². The second-order valence-electron chi connectivity index (χ2n) is 6.31. The first-order valence-electron chi connectivity index (χ1n) is 9.16. The van der Waals surface area contributed by atoms with Gasteiger partial charge in [-0.05, 0) is 30.3 Å². The quantitative estimate of drug-likeness (QED) is 0.540. The topological polar surface area (TPSA) is 129 Å². The number of hydrogen-bond acceptors (Lipinski definition) is 6. The molecule has 2 rings (SSSR count). The predicted molar refractivity (Wildman–Crippen MR) is 109 cm³/mol. The van der Waals surface area contributed by atoms with Gasteiger partial charge in [0.25, 0.3) is 0 Å². The van der Waals surface area contributed by atoms with Gasteiger partial charge in [-0.1, -0.05) is 31.2 Å². The van der Waals surface area contributed by atoms with Crippen molar-refractivity contribution >= 4 is 17.7 Å². The zero-order chi connectivity index (χ0) is 21.9. The van der Waals surface area contributed by atoms with Crippen molar-refractivity contribution in [3.05, 3.63) is 71.8 Å². The Morgan fingerprint density at radius 2 is 1.90 bits per heavy atom. The van der Waals surface area contributed by atoms with Gasteiger partial charge >= 0.3 is 12.1 Å². The molecule has 0 radical (unpaired) electrons. The predicted octanol–water partition coefficient (Wildman–Crippen LogP) is 3.50. The highest BCUT2D eigenvalue weighted by Gasteiger charge is 2.25. The van der Waals surface area contributed by atoms with Crippen molar-refractivity contribution in [3.8, 4) is 11.8 Å². The lowest BCUT2D eigenvalue weighted by Gasteiger charge is -2.24. The molecule has 0 aliphatic carbocycles. The van der Waals surface area contributed by atoms with Crippen LogP contribution in [0.3, 0.4) is 0 Å². The van der Waals surface area contributed by atoms with Crippen LogP contribution in [0.4, 0.5) is 10.5 Å². The van der Waals surface area contributed by atoms with E-state index in [1.807, 2.05) is 6.07 Å². The Kier molecular flexibility index (Phi) is 8.41. The molecular weight excluding hydrogens is 388 g/mol. The molecule has 0 fully saturated rings. The molecule has 0 heterocycles. The number of aliphatic hydroxyl groups excluding tert-OH is 1. The number of hydrogen-bond donors (Lipinski definition) is 3. The van der Waals surface area contributed by atoms with Crippen molar-refractivity contribution in [2.45, 2.75) is 13.0 Å². The maximum atomic E-state index is 12.5. The Morgan fingerprint density at radius 3 is 2.53 bits per heavy atom. The normalized spacial score (nSPS) is 12.6. The third-order valence-corrected chi connectivity index (χ3v) is 4.09. The van der Waals surface area contributed by atoms with E-state index < -0.39 is 24.1 Å². The Labute approximate surface area is 174 Å². The summed E-state index contributed by atoms with van der Waals surface area (Å²) in [6.07, 6.45) is 0.799. The molecule has 0 saturated carbocycles. The SMILES string of the molecule is C[C@@H](/C=C/C(=O)O)[C@H](OC(=O)Nc1ccc(C#N)cc1)c1ccccc1OCCO. The van der Waals surface area contributed by atoms with Gasteiger partial charge in [-0.25, -0.2) is 9.59 Å². The molecule has 3 N–H and O–H groups in total. The van der Waals surface area contributed by atoms with E-state index in [4.69, 9.17) is 24.9 Å². The Morgan fingerprint density at radius 1 is 1.20 bits per heavy atom. The Hall–Kier alpha value is -3.83. The van der Waals surface area contributed by atoms with Gasteiger partial charge in [-0.2, -0.15) is 5.26 Å². The van der Waals surface area contributed by atoms with E-state index in [0.29, 0.717) is 22.6 Å². The molecule has 156 valence electrons. The number of nitrogens with one attached hydrogen (secondary N) is 1. The zero-order valence-corrected chi connectivity index (χ0v) is 16.3. The van der Waals surface area contributed by atoms with E-state index in [1.54, 1.807) is 55.5 Å². The van der Waals surface area contributed by atoms with E-state index in [1.165, 1.54) is 6.08 Å². The fraction of sp³-hybridized carbons (Fsp3) is 0.227. The number of nitriles is 1. The van der Waals surface area contributed by atoms with E-state index in [-0.39, 0.29) is 13.2 Å². The molecule has 0 saturated heterocycles. The second-order valence-corrected chi connectivity index (χ2v) is 6.31. The van der Waals surface area contributed by atoms with Gasteiger partial charge in [0.05, 0.1) is 18.2 Å². The molecule has 0 spiro atoms. The van der Waals surface area contributed by atoms with E-state index in [0.717, 1.165) is 6.08 Å². The van der Waals surface area contributed by atoms with Crippen LogP contribution >= 0.6 is 0 Å². The van der Waals surface area contributed by atoms with Crippen molar-refractivity contribution in [3.63, 3.8) is 0 Å². The molecule has 1 amide bonds. The van der Waals surface area contributed by atoms with Crippen LogP contribution in [0.1, 0.15) is 24.2 Å². The monoisotopic (exact) mass is 410 g/mol. The van der Waals surface area contributed by atoms with Crippen molar-refractivity contribution < 1.29 is 29.3 Å². The number of carboxylic acid groups (broad SMARTS) is 1. The summed E-state index contributed by atoms with van der Waals surface area (Å²) in [6.45, 7) is 1.58. The highest BCUT2D eigenvalue weighted by Crippen LogP contribution is 2.34. The summed E-state index contributed by atoms with van der Waals surface area (Å²) in [7, 11) is 0. The first-order valence-corrected chi connectivity index (χ1v) is 9.16. The Balaban J connectivity index is 2.26. The number of amides is 1. The maximum Gasteiger partial charge on any atom is 0.412 e. The minimum Gasteiger partial charge on any atom is -0.491 e. The molecule has 2 atom stereocenters. The lowest BCUT2D eigenvalue weighted by molar-refractivity contribution is -0.131. The minimum absolute atomic E-state index is 0.0561. The molecule has 0 aliphatic heterocycles. The van der Waals surface area contributed by atoms with Crippen LogP contribution in [0.15, 0.2) is 60.7 Å². The summed E-state index contributed by atoms with van der Waals surface area (Å²) < 4.78 is 11.1. The van der Waals surface area contributed by atoms with Crippen LogP contribution in [-0.4, -0.2) is 35.5 Å². The highest BCUT2D eigenvalue weighted by molar-refractivity contribution is 5.85. The number of para-hydroxylation sites is 1. The molecule has 2 aromatic rings. The van der Waals surface area contributed by atoms with E-state index >= 15 is 0 Å². The van der Waals surface area contributed by atoms with Gasteiger partial charge in [0.2, 0.25) is 0 Å². The number of ether oxygens (including phenoxy) is 2. The van der Waals surface area contributed by atoms with E-state index in [2.05, 4.69) is 5.32 Å². The van der Waals surface area contributed by atoms with E-state index in [9.17, 15) is 9.59 Å². The molecule has 8 heteroatoms. The maximum absolute atomic E-state index is 12.5. The molecule has 0 bridgehead atoms. The van der Waals surface area contributed by atoms with Crippen LogP contribution in [0, 0.1) is 17.2 Å².